The molecule has 0 bridgehead atoms. The van der Waals surface area contributed by atoms with Crippen molar-refractivity contribution >= 4 is 5.91 Å². The highest BCUT2D eigenvalue weighted by atomic mass is 16.1. The molecule has 0 aliphatic heterocycles. The Labute approximate surface area is 103 Å². The van der Waals surface area contributed by atoms with Gasteiger partial charge < -0.3 is 11.1 Å². The molecule has 0 saturated carbocycles. The summed E-state index contributed by atoms with van der Waals surface area (Å²) in [5, 5.41) is 3.07. The van der Waals surface area contributed by atoms with E-state index in [4.69, 9.17) is 5.73 Å². The zero-order valence-corrected chi connectivity index (χ0v) is 10.6. The second-order valence-corrected chi connectivity index (χ2v) is 4.59. The van der Waals surface area contributed by atoms with Crippen LogP contribution in [0.15, 0.2) is 30.3 Å². The number of rotatable bonds is 6. The van der Waals surface area contributed by atoms with E-state index in [1.165, 1.54) is 0 Å². The van der Waals surface area contributed by atoms with Gasteiger partial charge in [-0.3, -0.25) is 4.79 Å². The molecule has 1 unspecified atom stereocenters. The fourth-order valence-electron chi connectivity index (χ4n) is 1.80. The topological polar surface area (TPSA) is 55.1 Å². The highest BCUT2D eigenvalue weighted by Gasteiger charge is 2.17. The predicted octanol–water partition coefficient (Wildman–Crippen LogP) is 2.24. The van der Waals surface area contributed by atoms with Crippen LogP contribution < -0.4 is 11.1 Å². The van der Waals surface area contributed by atoms with Gasteiger partial charge in [0.05, 0.1) is 6.04 Å². The summed E-state index contributed by atoms with van der Waals surface area (Å²) < 4.78 is 0. The van der Waals surface area contributed by atoms with Crippen LogP contribution in [0.1, 0.15) is 38.3 Å². The molecule has 0 aliphatic rings. The van der Waals surface area contributed by atoms with E-state index in [0.29, 0.717) is 18.9 Å². The minimum atomic E-state index is 0.0815. The summed E-state index contributed by atoms with van der Waals surface area (Å²) in [7, 11) is 0. The lowest BCUT2D eigenvalue weighted by Crippen LogP contribution is -2.31. The molecule has 1 atom stereocenters. The number of hydrogen-bond donors (Lipinski definition) is 2. The Bertz CT molecular complexity index is 335. The number of carbonyl (C=O) groups is 1. The zero-order valence-electron chi connectivity index (χ0n) is 10.6. The van der Waals surface area contributed by atoms with Crippen LogP contribution in [0.25, 0.3) is 0 Å². The second-order valence-electron chi connectivity index (χ2n) is 4.59. The molecule has 1 rings (SSSR count). The largest absolute Gasteiger partial charge is 0.349 e. The smallest absolute Gasteiger partial charge is 0.220 e. The Morgan fingerprint density at radius 1 is 1.29 bits per heavy atom. The van der Waals surface area contributed by atoms with Crippen molar-refractivity contribution in [3.05, 3.63) is 35.9 Å². The highest BCUT2D eigenvalue weighted by molar-refractivity contribution is 5.76. The van der Waals surface area contributed by atoms with Crippen LogP contribution in [0, 0.1) is 5.92 Å². The number of nitrogens with two attached hydrogens (primary N) is 1. The molecular weight excluding hydrogens is 212 g/mol. The highest BCUT2D eigenvalue weighted by Crippen LogP contribution is 2.21. The Morgan fingerprint density at radius 2 is 1.94 bits per heavy atom. The van der Waals surface area contributed by atoms with Crippen molar-refractivity contribution in [1.29, 1.82) is 0 Å². The molecule has 0 aliphatic carbocycles. The number of amides is 1. The SMILES string of the molecule is CC(C)C(NC(=O)CCCN)c1ccccc1. The summed E-state index contributed by atoms with van der Waals surface area (Å²) in [6, 6.07) is 10.2. The Morgan fingerprint density at radius 3 is 2.47 bits per heavy atom. The molecule has 94 valence electrons. The molecule has 3 nitrogen and oxygen atoms in total. The molecule has 0 heterocycles. The molecule has 3 N–H and O–H groups in total. The first kappa shape index (κ1) is 13.7. The van der Waals surface area contributed by atoms with Crippen molar-refractivity contribution in [2.75, 3.05) is 6.54 Å². The van der Waals surface area contributed by atoms with Gasteiger partial charge in [-0.05, 0) is 24.4 Å². The average Bonchev–Trinajstić information content (AvgIpc) is 2.34. The van der Waals surface area contributed by atoms with E-state index in [1.807, 2.05) is 30.3 Å². The van der Waals surface area contributed by atoms with E-state index in [2.05, 4.69) is 19.2 Å². The second kappa shape index (κ2) is 7.07. The lowest BCUT2D eigenvalue weighted by Gasteiger charge is -2.23. The van der Waals surface area contributed by atoms with Crippen LogP contribution >= 0.6 is 0 Å². The van der Waals surface area contributed by atoms with Gasteiger partial charge in [-0.1, -0.05) is 44.2 Å². The summed E-state index contributed by atoms with van der Waals surface area (Å²) in [4.78, 5) is 11.7. The van der Waals surface area contributed by atoms with Gasteiger partial charge in [0.25, 0.3) is 0 Å². The maximum atomic E-state index is 11.7. The fourth-order valence-corrected chi connectivity index (χ4v) is 1.80. The molecule has 1 amide bonds. The van der Waals surface area contributed by atoms with E-state index in [0.717, 1.165) is 12.0 Å². The molecule has 3 heteroatoms. The maximum Gasteiger partial charge on any atom is 0.220 e. The fraction of sp³-hybridized carbons (Fsp3) is 0.500. The molecule has 0 fully saturated rings. The van der Waals surface area contributed by atoms with Gasteiger partial charge in [-0.15, -0.1) is 0 Å². The van der Waals surface area contributed by atoms with Crippen molar-refractivity contribution in [1.82, 2.24) is 5.32 Å². The first-order chi connectivity index (χ1) is 8.15. The third-order valence-electron chi connectivity index (χ3n) is 2.75. The predicted molar refractivity (Wildman–Crippen MR) is 70.5 cm³/mol. The average molecular weight is 234 g/mol. The molecule has 1 aromatic carbocycles. The van der Waals surface area contributed by atoms with Crippen LogP contribution in [0.5, 0.6) is 0 Å². The zero-order chi connectivity index (χ0) is 12.7. The molecule has 0 radical (unpaired) electrons. The van der Waals surface area contributed by atoms with Crippen molar-refractivity contribution in [2.24, 2.45) is 11.7 Å². The van der Waals surface area contributed by atoms with Gasteiger partial charge in [0, 0.05) is 6.42 Å². The van der Waals surface area contributed by atoms with Crippen molar-refractivity contribution < 1.29 is 4.79 Å². The Kier molecular flexibility index (Phi) is 5.70. The molecular formula is C14H22N2O. The van der Waals surface area contributed by atoms with Gasteiger partial charge in [-0.2, -0.15) is 0 Å². The normalized spacial score (nSPS) is 12.5. The molecule has 1 aromatic rings. The van der Waals surface area contributed by atoms with Crippen LogP contribution in [0.4, 0.5) is 0 Å². The van der Waals surface area contributed by atoms with E-state index >= 15 is 0 Å². The van der Waals surface area contributed by atoms with E-state index < -0.39 is 0 Å². The Balaban J connectivity index is 2.65. The quantitative estimate of drug-likeness (QED) is 0.793. The third-order valence-corrected chi connectivity index (χ3v) is 2.75. The third kappa shape index (κ3) is 4.57. The molecule has 0 saturated heterocycles. The summed E-state index contributed by atoms with van der Waals surface area (Å²) >= 11 is 0. The summed E-state index contributed by atoms with van der Waals surface area (Å²) in [5.41, 5.74) is 6.55. The summed E-state index contributed by atoms with van der Waals surface area (Å²) in [6.45, 7) is 4.78. The van der Waals surface area contributed by atoms with Gasteiger partial charge in [0.2, 0.25) is 5.91 Å². The van der Waals surface area contributed by atoms with Crippen LogP contribution in [0.2, 0.25) is 0 Å². The minimum Gasteiger partial charge on any atom is -0.349 e. The number of benzene rings is 1. The van der Waals surface area contributed by atoms with Gasteiger partial charge in [-0.25, -0.2) is 0 Å². The van der Waals surface area contributed by atoms with Crippen molar-refractivity contribution in [2.45, 2.75) is 32.7 Å². The van der Waals surface area contributed by atoms with Gasteiger partial charge >= 0.3 is 0 Å². The maximum absolute atomic E-state index is 11.7. The summed E-state index contributed by atoms with van der Waals surface area (Å²) in [5.74, 6) is 0.456. The molecule has 17 heavy (non-hydrogen) atoms. The van der Waals surface area contributed by atoms with Crippen LogP contribution in [-0.4, -0.2) is 12.5 Å². The lowest BCUT2D eigenvalue weighted by molar-refractivity contribution is -0.122. The standard InChI is InChI=1S/C14H22N2O/c1-11(2)14(12-7-4-3-5-8-12)16-13(17)9-6-10-15/h3-5,7-8,11,14H,6,9-10,15H2,1-2H3,(H,16,17). The minimum absolute atomic E-state index is 0.0815. The van der Waals surface area contributed by atoms with Crippen molar-refractivity contribution in [3.63, 3.8) is 0 Å². The number of nitrogens with one attached hydrogen (secondary N) is 1. The lowest BCUT2D eigenvalue weighted by atomic mass is 9.96. The van der Waals surface area contributed by atoms with Gasteiger partial charge in [0.1, 0.15) is 0 Å². The Hall–Kier alpha value is -1.35. The monoisotopic (exact) mass is 234 g/mol. The van der Waals surface area contributed by atoms with E-state index in [1.54, 1.807) is 0 Å². The molecule has 0 spiro atoms. The first-order valence-electron chi connectivity index (χ1n) is 6.19. The number of hydrogen-bond acceptors (Lipinski definition) is 2. The van der Waals surface area contributed by atoms with Crippen LogP contribution in [-0.2, 0) is 4.79 Å². The van der Waals surface area contributed by atoms with Crippen LogP contribution in [0.3, 0.4) is 0 Å². The number of carbonyl (C=O) groups excluding carboxylic acids is 1. The van der Waals surface area contributed by atoms with E-state index in [9.17, 15) is 4.79 Å². The first-order valence-corrected chi connectivity index (χ1v) is 6.19. The molecule has 0 aromatic heterocycles. The van der Waals surface area contributed by atoms with Crippen molar-refractivity contribution in [3.8, 4) is 0 Å². The summed E-state index contributed by atoms with van der Waals surface area (Å²) in [6.07, 6.45) is 1.25. The van der Waals surface area contributed by atoms with Gasteiger partial charge in [0.15, 0.2) is 0 Å². The van der Waals surface area contributed by atoms with E-state index in [-0.39, 0.29) is 11.9 Å².